The SMILES string of the molecule is CCN(C(=O)OCC1c2ccccc2-c2ccccc21)C(C(=O)O)c1ccc(Cl)cc1C. The Balaban J connectivity index is 1.58. The van der Waals surface area contributed by atoms with Gasteiger partial charge in [-0.2, -0.15) is 0 Å². The first-order valence-corrected chi connectivity index (χ1v) is 10.9. The van der Waals surface area contributed by atoms with E-state index < -0.39 is 18.1 Å². The molecule has 0 fully saturated rings. The molecule has 0 heterocycles. The molecule has 0 radical (unpaired) electrons. The third-order valence-electron chi connectivity index (χ3n) is 5.98. The van der Waals surface area contributed by atoms with Gasteiger partial charge in [-0.05, 0) is 59.4 Å². The van der Waals surface area contributed by atoms with Crippen molar-refractivity contribution in [3.63, 3.8) is 0 Å². The molecule has 0 aromatic heterocycles. The van der Waals surface area contributed by atoms with Crippen LogP contribution in [-0.2, 0) is 9.53 Å². The number of fused-ring (bicyclic) bond motifs is 3. The summed E-state index contributed by atoms with van der Waals surface area (Å²) in [6, 6.07) is 20.0. The molecule has 164 valence electrons. The zero-order valence-electron chi connectivity index (χ0n) is 17.9. The summed E-state index contributed by atoms with van der Waals surface area (Å²) >= 11 is 6.03. The maximum atomic E-state index is 13.1. The second-order valence-corrected chi connectivity index (χ2v) is 8.27. The van der Waals surface area contributed by atoms with Crippen molar-refractivity contribution in [3.05, 3.63) is 94.0 Å². The van der Waals surface area contributed by atoms with E-state index in [0.717, 1.165) is 22.3 Å². The van der Waals surface area contributed by atoms with Gasteiger partial charge in [0, 0.05) is 17.5 Å². The van der Waals surface area contributed by atoms with E-state index in [4.69, 9.17) is 16.3 Å². The Morgan fingerprint density at radius 1 is 1.03 bits per heavy atom. The van der Waals surface area contributed by atoms with E-state index in [0.29, 0.717) is 16.1 Å². The van der Waals surface area contributed by atoms with Gasteiger partial charge in [-0.3, -0.25) is 4.90 Å². The first kappa shape index (κ1) is 21.9. The minimum absolute atomic E-state index is 0.0920. The predicted molar refractivity (Wildman–Crippen MR) is 124 cm³/mol. The fraction of sp³-hybridized carbons (Fsp3) is 0.231. The molecule has 6 heteroatoms. The van der Waals surface area contributed by atoms with Gasteiger partial charge in [0.25, 0.3) is 0 Å². The average molecular weight is 450 g/mol. The van der Waals surface area contributed by atoms with Crippen molar-refractivity contribution in [1.82, 2.24) is 4.90 Å². The number of likely N-dealkylation sites (N-methyl/N-ethyl adjacent to an activating group) is 1. The van der Waals surface area contributed by atoms with E-state index in [9.17, 15) is 14.7 Å². The van der Waals surface area contributed by atoms with E-state index in [1.165, 1.54) is 4.90 Å². The molecule has 32 heavy (non-hydrogen) atoms. The normalized spacial score (nSPS) is 13.2. The number of nitrogens with zero attached hydrogens (tertiary/aromatic N) is 1. The number of hydrogen-bond donors (Lipinski definition) is 1. The van der Waals surface area contributed by atoms with Gasteiger partial charge in [0.05, 0.1) is 0 Å². The van der Waals surface area contributed by atoms with Crippen LogP contribution >= 0.6 is 11.6 Å². The largest absolute Gasteiger partial charge is 0.479 e. The minimum Gasteiger partial charge on any atom is -0.479 e. The fourth-order valence-electron chi connectivity index (χ4n) is 4.47. The van der Waals surface area contributed by atoms with Crippen LogP contribution in [0.3, 0.4) is 0 Å². The van der Waals surface area contributed by atoms with E-state index in [1.54, 1.807) is 32.0 Å². The third kappa shape index (κ3) is 3.96. The van der Waals surface area contributed by atoms with Crippen LogP contribution in [-0.4, -0.2) is 35.2 Å². The molecule has 3 aromatic carbocycles. The van der Waals surface area contributed by atoms with Gasteiger partial charge in [0.15, 0.2) is 6.04 Å². The Labute approximate surface area is 192 Å². The quantitative estimate of drug-likeness (QED) is 0.497. The number of halogens is 1. The van der Waals surface area contributed by atoms with Gasteiger partial charge in [-0.15, -0.1) is 0 Å². The number of carboxylic acids is 1. The molecule has 0 saturated heterocycles. The van der Waals surface area contributed by atoms with Gasteiger partial charge in [0.2, 0.25) is 0 Å². The van der Waals surface area contributed by atoms with Gasteiger partial charge in [0.1, 0.15) is 6.61 Å². The fourth-order valence-corrected chi connectivity index (χ4v) is 4.70. The van der Waals surface area contributed by atoms with Crippen LogP contribution < -0.4 is 0 Å². The Hall–Kier alpha value is -3.31. The molecule has 1 aliphatic rings. The van der Waals surface area contributed by atoms with Crippen molar-refractivity contribution in [2.45, 2.75) is 25.8 Å². The van der Waals surface area contributed by atoms with Crippen LogP contribution in [0, 0.1) is 6.92 Å². The lowest BCUT2D eigenvalue weighted by Crippen LogP contribution is -2.40. The Morgan fingerprint density at radius 3 is 2.16 bits per heavy atom. The Bertz CT molecular complexity index is 1130. The standard InChI is InChI=1S/C26H24ClNO4/c1-3-28(24(25(29)30)18-13-12-17(27)14-16(18)2)26(31)32-15-23-21-10-6-4-8-19(21)20-9-5-7-11-22(20)23/h4-14,23-24H,3,15H2,1-2H3,(H,29,30). The lowest BCUT2D eigenvalue weighted by Gasteiger charge is -2.29. The number of hydrogen-bond acceptors (Lipinski definition) is 3. The highest BCUT2D eigenvalue weighted by Gasteiger charge is 2.34. The smallest absolute Gasteiger partial charge is 0.410 e. The molecule has 3 aromatic rings. The second-order valence-electron chi connectivity index (χ2n) is 7.83. The summed E-state index contributed by atoms with van der Waals surface area (Å²) in [6.45, 7) is 3.84. The first-order valence-electron chi connectivity index (χ1n) is 10.5. The number of benzene rings is 3. The zero-order valence-corrected chi connectivity index (χ0v) is 18.7. The first-order chi connectivity index (χ1) is 15.4. The number of aryl methyl sites for hydroxylation is 1. The van der Waals surface area contributed by atoms with Crippen molar-refractivity contribution in [1.29, 1.82) is 0 Å². The van der Waals surface area contributed by atoms with E-state index >= 15 is 0 Å². The molecule has 4 rings (SSSR count). The lowest BCUT2D eigenvalue weighted by atomic mass is 9.98. The van der Waals surface area contributed by atoms with Crippen LogP contribution in [0.1, 0.15) is 41.1 Å². The van der Waals surface area contributed by atoms with Crippen LogP contribution in [0.2, 0.25) is 5.02 Å². The number of aliphatic carboxylic acids is 1. The van der Waals surface area contributed by atoms with Crippen molar-refractivity contribution in [2.24, 2.45) is 0 Å². The molecule has 0 bridgehead atoms. The molecular weight excluding hydrogens is 426 g/mol. The molecule has 1 unspecified atom stereocenters. The zero-order chi connectivity index (χ0) is 22.8. The molecule has 0 spiro atoms. The topological polar surface area (TPSA) is 66.8 Å². The second kappa shape index (κ2) is 9.05. The molecule has 1 amide bonds. The van der Waals surface area contributed by atoms with Crippen molar-refractivity contribution in [3.8, 4) is 11.1 Å². The highest BCUT2D eigenvalue weighted by molar-refractivity contribution is 6.30. The van der Waals surface area contributed by atoms with Crippen LogP contribution in [0.5, 0.6) is 0 Å². The molecule has 1 atom stereocenters. The van der Waals surface area contributed by atoms with Crippen LogP contribution in [0.15, 0.2) is 66.7 Å². The third-order valence-corrected chi connectivity index (χ3v) is 6.22. The Kier molecular flexibility index (Phi) is 6.19. The number of rotatable bonds is 6. The maximum absolute atomic E-state index is 13.1. The molecule has 0 saturated carbocycles. The molecule has 1 N–H and O–H groups in total. The number of carbonyl (C=O) groups is 2. The summed E-state index contributed by atoms with van der Waals surface area (Å²) in [7, 11) is 0. The summed E-state index contributed by atoms with van der Waals surface area (Å²) in [6.07, 6.45) is -0.656. The van der Waals surface area contributed by atoms with Gasteiger partial charge < -0.3 is 9.84 Å². The van der Waals surface area contributed by atoms with Gasteiger partial charge in [-0.1, -0.05) is 66.2 Å². The van der Waals surface area contributed by atoms with Crippen molar-refractivity contribution in [2.75, 3.05) is 13.2 Å². The van der Waals surface area contributed by atoms with E-state index in [2.05, 4.69) is 12.1 Å². The molecule has 5 nitrogen and oxygen atoms in total. The Morgan fingerprint density at radius 2 is 1.62 bits per heavy atom. The number of carboxylic acid groups (broad SMARTS) is 1. The number of amides is 1. The molecule has 1 aliphatic carbocycles. The summed E-state index contributed by atoms with van der Waals surface area (Å²) < 4.78 is 5.71. The predicted octanol–water partition coefficient (Wildman–Crippen LogP) is 6.05. The maximum Gasteiger partial charge on any atom is 0.410 e. The van der Waals surface area contributed by atoms with Crippen LogP contribution in [0.25, 0.3) is 11.1 Å². The molecule has 0 aliphatic heterocycles. The average Bonchev–Trinajstić information content (AvgIpc) is 3.10. The lowest BCUT2D eigenvalue weighted by molar-refractivity contribution is -0.143. The van der Waals surface area contributed by atoms with E-state index in [-0.39, 0.29) is 19.1 Å². The van der Waals surface area contributed by atoms with Gasteiger partial charge >= 0.3 is 12.1 Å². The van der Waals surface area contributed by atoms with Crippen LogP contribution in [0.4, 0.5) is 4.79 Å². The molecular formula is C26H24ClNO4. The highest BCUT2D eigenvalue weighted by Crippen LogP contribution is 2.44. The number of ether oxygens (including phenoxy) is 1. The summed E-state index contributed by atoms with van der Waals surface area (Å²) in [4.78, 5) is 26.5. The highest BCUT2D eigenvalue weighted by atomic mass is 35.5. The van der Waals surface area contributed by atoms with E-state index in [1.807, 2.05) is 36.4 Å². The summed E-state index contributed by atoms with van der Waals surface area (Å²) in [5, 5.41) is 10.4. The summed E-state index contributed by atoms with van der Waals surface area (Å²) in [5.74, 6) is -1.21. The number of carbonyl (C=O) groups excluding carboxylic acids is 1. The summed E-state index contributed by atoms with van der Waals surface area (Å²) in [5.41, 5.74) is 5.70. The van der Waals surface area contributed by atoms with Crippen molar-refractivity contribution < 1.29 is 19.4 Å². The minimum atomic E-state index is -1.16. The van der Waals surface area contributed by atoms with Gasteiger partial charge in [-0.25, -0.2) is 9.59 Å². The van der Waals surface area contributed by atoms with Crippen molar-refractivity contribution >= 4 is 23.7 Å². The monoisotopic (exact) mass is 449 g/mol.